The van der Waals surface area contributed by atoms with Gasteiger partial charge >= 0.3 is 0 Å². The summed E-state index contributed by atoms with van der Waals surface area (Å²) in [5.41, 5.74) is 1.89. The van der Waals surface area contributed by atoms with Crippen LogP contribution in [0.3, 0.4) is 0 Å². The van der Waals surface area contributed by atoms with Gasteiger partial charge in [-0.15, -0.1) is 11.3 Å². The van der Waals surface area contributed by atoms with E-state index in [1.165, 1.54) is 11.3 Å². The molecule has 25 heavy (non-hydrogen) atoms. The second-order valence-corrected chi connectivity index (χ2v) is 7.39. The number of hydrogen-bond acceptors (Lipinski definition) is 5. The van der Waals surface area contributed by atoms with Gasteiger partial charge in [0, 0.05) is 30.9 Å². The molecule has 0 radical (unpaired) electrons. The predicted octanol–water partition coefficient (Wildman–Crippen LogP) is 1.71. The summed E-state index contributed by atoms with van der Waals surface area (Å²) in [5, 5.41) is 21.5. The van der Waals surface area contributed by atoms with E-state index >= 15 is 0 Å². The number of amides is 1. The number of benzene rings is 1. The number of nitrogens with one attached hydrogen (secondary N) is 2. The van der Waals surface area contributed by atoms with Gasteiger partial charge in [-0.2, -0.15) is 5.10 Å². The third kappa shape index (κ3) is 3.06. The van der Waals surface area contributed by atoms with Crippen molar-refractivity contribution in [3.63, 3.8) is 0 Å². The van der Waals surface area contributed by atoms with Crippen LogP contribution in [0.4, 0.5) is 0 Å². The summed E-state index contributed by atoms with van der Waals surface area (Å²) in [6.07, 6.45) is -0.392. The van der Waals surface area contributed by atoms with Crippen LogP contribution in [-0.4, -0.2) is 46.5 Å². The standard InChI is InChI=1S/C18H20N4O2S/c1-11-14-7-16(17(24)20-9-12-8-19-10-15(12)23)25-18(14)22(21-11)13-5-3-2-4-6-13/h2-7,12,15,19,23H,8-10H2,1H3,(H,20,24). The maximum atomic E-state index is 12.5. The molecular formula is C18H20N4O2S. The van der Waals surface area contributed by atoms with Crippen LogP contribution in [0.25, 0.3) is 15.9 Å². The maximum Gasteiger partial charge on any atom is 0.261 e. The Labute approximate surface area is 149 Å². The van der Waals surface area contributed by atoms with Gasteiger partial charge in [0.25, 0.3) is 5.91 Å². The van der Waals surface area contributed by atoms with E-state index in [4.69, 9.17) is 0 Å². The van der Waals surface area contributed by atoms with Gasteiger partial charge in [0.15, 0.2) is 0 Å². The van der Waals surface area contributed by atoms with Crippen LogP contribution in [-0.2, 0) is 0 Å². The van der Waals surface area contributed by atoms with E-state index in [1.807, 2.05) is 48.0 Å². The molecule has 3 heterocycles. The normalized spacial score (nSPS) is 20.2. The number of hydrogen-bond donors (Lipinski definition) is 3. The van der Waals surface area contributed by atoms with Gasteiger partial charge in [-0.1, -0.05) is 18.2 Å². The Hall–Kier alpha value is -2.22. The number of aliphatic hydroxyl groups is 1. The van der Waals surface area contributed by atoms with E-state index < -0.39 is 6.10 Å². The molecule has 1 aliphatic heterocycles. The number of thiophene rings is 1. The first-order valence-corrected chi connectivity index (χ1v) is 9.16. The van der Waals surface area contributed by atoms with Crippen LogP contribution in [0.2, 0.25) is 0 Å². The Balaban J connectivity index is 1.58. The maximum absolute atomic E-state index is 12.5. The van der Waals surface area contributed by atoms with E-state index in [0.717, 1.165) is 28.1 Å². The fourth-order valence-electron chi connectivity index (χ4n) is 3.14. The molecule has 6 nitrogen and oxygen atoms in total. The second kappa shape index (κ2) is 6.59. The first-order valence-electron chi connectivity index (χ1n) is 8.35. The highest BCUT2D eigenvalue weighted by Gasteiger charge is 2.25. The molecule has 0 aliphatic carbocycles. The van der Waals surface area contributed by atoms with Crippen molar-refractivity contribution in [2.24, 2.45) is 5.92 Å². The molecule has 1 aromatic carbocycles. The number of aromatic nitrogens is 2. The number of carbonyl (C=O) groups is 1. The van der Waals surface area contributed by atoms with Gasteiger partial charge in [-0.3, -0.25) is 4.79 Å². The van der Waals surface area contributed by atoms with Crippen LogP contribution < -0.4 is 10.6 Å². The first-order chi connectivity index (χ1) is 12.1. The molecule has 2 atom stereocenters. The summed E-state index contributed by atoms with van der Waals surface area (Å²) in [6, 6.07) is 11.8. The number of carbonyl (C=O) groups excluding carboxylic acids is 1. The van der Waals surface area contributed by atoms with Crippen LogP contribution in [0.15, 0.2) is 36.4 Å². The number of para-hydroxylation sites is 1. The molecule has 2 aromatic heterocycles. The van der Waals surface area contributed by atoms with Crippen molar-refractivity contribution >= 4 is 27.5 Å². The van der Waals surface area contributed by atoms with Crippen molar-refractivity contribution in [3.05, 3.63) is 47.0 Å². The third-order valence-corrected chi connectivity index (χ3v) is 5.71. The van der Waals surface area contributed by atoms with Crippen LogP contribution in [0, 0.1) is 12.8 Å². The molecule has 0 spiro atoms. The van der Waals surface area contributed by atoms with Gasteiger partial charge in [-0.25, -0.2) is 4.68 Å². The van der Waals surface area contributed by atoms with E-state index in [2.05, 4.69) is 15.7 Å². The summed E-state index contributed by atoms with van der Waals surface area (Å²) in [5.74, 6) is -0.0285. The fourth-order valence-corrected chi connectivity index (χ4v) is 4.24. The molecule has 1 aliphatic rings. The van der Waals surface area contributed by atoms with Crippen LogP contribution >= 0.6 is 11.3 Å². The lowest BCUT2D eigenvalue weighted by Gasteiger charge is -2.13. The Morgan fingerprint density at radius 2 is 2.20 bits per heavy atom. The monoisotopic (exact) mass is 356 g/mol. The summed E-state index contributed by atoms with van der Waals surface area (Å²) < 4.78 is 1.89. The minimum Gasteiger partial charge on any atom is -0.391 e. The number of aliphatic hydroxyl groups excluding tert-OH is 1. The number of rotatable bonds is 4. The van der Waals surface area contributed by atoms with Crippen molar-refractivity contribution in [1.29, 1.82) is 0 Å². The first kappa shape index (κ1) is 16.3. The molecule has 2 unspecified atom stereocenters. The number of nitrogens with zero attached hydrogens (tertiary/aromatic N) is 2. The zero-order valence-electron chi connectivity index (χ0n) is 13.9. The van der Waals surface area contributed by atoms with Gasteiger partial charge in [0.05, 0.1) is 22.4 Å². The molecule has 1 amide bonds. The van der Waals surface area contributed by atoms with E-state index in [1.54, 1.807) is 0 Å². The highest BCUT2D eigenvalue weighted by atomic mass is 32.1. The molecular weight excluding hydrogens is 336 g/mol. The van der Waals surface area contributed by atoms with Crippen molar-refractivity contribution in [2.45, 2.75) is 13.0 Å². The zero-order chi connectivity index (χ0) is 17.4. The second-order valence-electron chi connectivity index (χ2n) is 6.36. The molecule has 130 valence electrons. The minimum atomic E-state index is -0.392. The third-order valence-electron chi connectivity index (χ3n) is 4.60. The zero-order valence-corrected chi connectivity index (χ0v) is 14.7. The van der Waals surface area contributed by atoms with E-state index in [-0.39, 0.29) is 11.8 Å². The van der Waals surface area contributed by atoms with E-state index in [9.17, 15) is 9.90 Å². The number of β-amino-alcohol motifs (C(OH)–C–C–N with tert-alkyl or cyclic N) is 1. The molecule has 1 fully saturated rings. The largest absolute Gasteiger partial charge is 0.391 e. The average molecular weight is 356 g/mol. The van der Waals surface area contributed by atoms with Gasteiger partial charge in [0.1, 0.15) is 4.83 Å². The molecule has 3 N–H and O–H groups in total. The summed E-state index contributed by atoms with van der Waals surface area (Å²) in [7, 11) is 0. The van der Waals surface area contributed by atoms with Crippen molar-refractivity contribution in [1.82, 2.24) is 20.4 Å². The molecule has 7 heteroatoms. The Bertz CT molecular complexity index is 903. The van der Waals surface area contributed by atoms with Crippen LogP contribution in [0.1, 0.15) is 15.4 Å². The smallest absolute Gasteiger partial charge is 0.261 e. The highest BCUT2D eigenvalue weighted by Crippen LogP contribution is 2.30. The SMILES string of the molecule is Cc1nn(-c2ccccc2)c2sc(C(=O)NCC3CNCC3O)cc12. The predicted molar refractivity (Wildman–Crippen MR) is 98.4 cm³/mol. The quantitative estimate of drug-likeness (QED) is 0.665. The molecule has 4 rings (SSSR count). The molecule has 3 aromatic rings. The summed E-state index contributed by atoms with van der Waals surface area (Å²) in [6.45, 7) is 3.76. The Kier molecular flexibility index (Phi) is 4.29. The Morgan fingerprint density at radius 1 is 1.40 bits per heavy atom. The topological polar surface area (TPSA) is 79.2 Å². The van der Waals surface area contributed by atoms with Gasteiger partial charge in [0.2, 0.25) is 0 Å². The highest BCUT2D eigenvalue weighted by molar-refractivity contribution is 7.20. The number of fused-ring (bicyclic) bond motifs is 1. The minimum absolute atomic E-state index is 0.0693. The van der Waals surface area contributed by atoms with Gasteiger partial charge < -0.3 is 15.7 Å². The van der Waals surface area contributed by atoms with Crippen LogP contribution in [0.5, 0.6) is 0 Å². The molecule has 0 bridgehead atoms. The molecule has 1 saturated heterocycles. The van der Waals surface area contributed by atoms with Crippen molar-refractivity contribution in [2.75, 3.05) is 19.6 Å². The van der Waals surface area contributed by atoms with Crippen molar-refractivity contribution < 1.29 is 9.90 Å². The van der Waals surface area contributed by atoms with Gasteiger partial charge in [-0.05, 0) is 25.1 Å². The molecule has 0 saturated carbocycles. The summed E-state index contributed by atoms with van der Waals surface area (Å²) >= 11 is 1.44. The lowest BCUT2D eigenvalue weighted by molar-refractivity contribution is 0.0931. The average Bonchev–Trinajstić information content (AvgIpc) is 3.31. The number of aryl methyl sites for hydroxylation is 1. The Morgan fingerprint density at radius 3 is 2.92 bits per heavy atom. The summed E-state index contributed by atoms with van der Waals surface area (Å²) in [4.78, 5) is 14.1. The lowest BCUT2D eigenvalue weighted by Crippen LogP contribution is -2.34. The lowest BCUT2D eigenvalue weighted by atomic mass is 10.1. The van der Waals surface area contributed by atoms with E-state index in [0.29, 0.717) is 18.0 Å². The fraction of sp³-hybridized carbons (Fsp3) is 0.333. The van der Waals surface area contributed by atoms with Crippen molar-refractivity contribution in [3.8, 4) is 5.69 Å².